The van der Waals surface area contributed by atoms with Gasteiger partial charge in [-0.05, 0) is 31.6 Å². The molecule has 0 aliphatic carbocycles. The van der Waals surface area contributed by atoms with Crippen molar-refractivity contribution in [1.82, 2.24) is 0 Å². The van der Waals surface area contributed by atoms with Crippen LogP contribution in [0.3, 0.4) is 0 Å². The third-order valence-corrected chi connectivity index (χ3v) is 20.5. The van der Waals surface area contributed by atoms with Gasteiger partial charge >= 0.3 is 39.5 Å². The topological polar surface area (TPSA) is 237 Å². The molecule has 0 aliphatic rings. The van der Waals surface area contributed by atoms with Gasteiger partial charge in [0.25, 0.3) is 0 Å². The summed E-state index contributed by atoms with van der Waals surface area (Å²) in [6.07, 6.45) is 61.4. The zero-order valence-electron chi connectivity index (χ0n) is 63.2. The third-order valence-electron chi connectivity index (χ3n) is 18.6. The van der Waals surface area contributed by atoms with Gasteiger partial charge in [-0.3, -0.25) is 37.3 Å². The largest absolute Gasteiger partial charge is 0.472 e. The molecule has 0 fully saturated rings. The van der Waals surface area contributed by atoms with Crippen molar-refractivity contribution in [3.8, 4) is 0 Å². The second kappa shape index (κ2) is 71.1. The fraction of sp³-hybridized carbons (Fsp3) is 0.949. The van der Waals surface area contributed by atoms with Crippen molar-refractivity contribution >= 4 is 39.5 Å². The van der Waals surface area contributed by atoms with Crippen LogP contribution in [0, 0.1) is 5.92 Å². The number of rotatable bonds is 78. The van der Waals surface area contributed by atoms with Crippen molar-refractivity contribution in [2.24, 2.45) is 5.92 Å². The molecule has 576 valence electrons. The Hall–Kier alpha value is -1.94. The van der Waals surface area contributed by atoms with Crippen LogP contribution in [0.1, 0.15) is 413 Å². The molecule has 19 heteroatoms. The Morgan fingerprint density at radius 2 is 0.495 bits per heavy atom. The first-order valence-corrected chi connectivity index (χ1v) is 43.7. The average Bonchev–Trinajstić information content (AvgIpc) is 1.30. The van der Waals surface area contributed by atoms with Crippen LogP contribution >= 0.6 is 15.6 Å². The lowest BCUT2D eigenvalue weighted by Crippen LogP contribution is -2.30. The number of aliphatic hydroxyl groups is 1. The summed E-state index contributed by atoms with van der Waals surface area (Å²) in [6, 6.07) is 0. The second-order valence-corrected chi connectivity index (χ2v) is 31.3. The summed E-state index contributed by atoms with van der Waals surface area (Å²) in [5.74, 6) is -1.40. The normalized spacial score (nSPS) is 14.2. The molecule has 0 saturated carbocycles. The quantitative estimate of drug-likeness (QED) is 0.0222. The lowest BCUT2D eigenvalue weighted by atomic mass is 10.00. The number of ether oxygens (including phenoxy) is 4. The minimum Gasteiger partial charge on any atom is -0.462 e. The summed E-state index contributed by atoms with van der Waals surface area (Å²) in [5.41, 5.74) is 0. The number of aliphatic hydroxyl groups excluding tert-OH is 1. The highest BCUT2D eigenvalue weighted by Gasteiger charge is 2.30. The van der Waals surface area contributed by atoms with Gasteiger partial charge in [0.2, 0.25) is 0 Å². The van der Waals surface area contributed by atoms with Crippen molar-refractivity contribution in [2.75, 3.05) is 39.6 Å². The third kappa shape index (κ3) is 70.9. The first kappa shape index (κ1) is 95.1. The van der Waals surface area contributed by atoms with E-state index in [-0.39, 0.29) is 25.7 Å². The molecule has 97 heavy (non-hydrogen) atoms. The van der Waals surface area contributed by atoms with E-state index >= 15 is 0 Å². The molecule has 3 N–H and O–H groups in total. The smallest absolute Gasteiger partial charge is 0.462 e. The summed E-state index contributed by atoms with van der Waals surface area (Å²) < 4.78 is 68.5. The van der Waals surface area contributed by atoms with E-state index < -0.39 is 97.5 Å². The van der Waals surface area contributed by atoms with E-state index in [2.05, 4.69) is 34.6 Å². The van der Waals surface area contributed by atoms with E-state index in [1.165, 1.54) is 231 Å². The van der Waals surface area contributed by atoms with E-state index in [1.54, 1.807) is 0 Å². The fourth-order valence-corrected chi connectivity index (χ4v) is 13.6. The Labute approximate surface area is 594 Å². The van der Waals surface area contributed by atoms with E-state index in [4.69, 9.17) is 37.0 Å². The summed E-state index contributed by atoms with van der Waals surface area (Å²) in [5, 5.41) is 10.6. The summed E-state index contributed by atoms with van der Waals surface area (Å²) in [4.78, 5) is 72.7. The van der Waals surface area contributed by atoms with E-state index in [1.807, 2.05) is 0 Å². The van der Waals surface area contributed by atoms with Crippen LogP contribution in [0.25, 0.3) is 0 Å². The molecule has 0 radical (unpaired) electrons. The molecule has 0 bridgehead atoms. The Morgan fingerprint density at radius 3 is 0.732 bits per heavy atom. The number of hydrogen-bond donors (Lipinski definition) is 3. The number of carbonyl (C=O) groups excluding carboxylic acids is 4. The molecule has 0 amide bonds. The van der Waals surface area contributed by atoms with E-state index in [0.29, 0.717) is 25.7 Å². The average molecular weight is 1420 g/mol. The van der Waals surface area contributed by atoms with Crippen molar-refractivity contribution < 1.29 is 80.2 Å². The van der Waals surface area contributed by atoms with Crippen molar-refractivity contribution in [1.29, 1.82) is 0 Å². The van der Waals surface area contributed by atoms with Crippen molar-refractivity contribution in [3.05, 3.63) is 0 Å². The van der Waals surface area contributed by atoms with Crippen LogP contribution in [-0.4, -0.2) is 96.7 Å². The fourth-order valence-electron chi connectivity index (χ4n) is 12.0. The number of hydrogen-bond acceptors (Lipinski definition) is 15. The monoisotopic (exact) mass is 1420 g/mol. The standard InChI is InChI=1S/C78H152O17P2/c1-6-10-13-16-19-22-24-26-28-30-32-34-36-38-40-42-44-47-53-58-63-77(82)94-73(67-89-76(81)62-57-52-46-43-41-39-37-35-33-31-29-27-25-23-20-17-14-11-7-2)69-92-96(84,85)90-65-72(79)66-91-97(86,87)93-70-74(68-88-75(80)61-56-51-45-21-18-15-12-8-3)95-78(83)64-59-54-49-48-50-55-60-71(5)9-4/h71-74,79H,6-70H2,1-5H3,(H,84,85)(H,86,87)/t71?,72-,73-,74-/m1/s1. The van der Waals surface area contributed by atoms with Crippen LogP contribution in [0.4, 0.5) is 0 Å². The number of unbranched alkanes of at least 4 members (excludes halogenated alkanes) is 49. The van der Waals surface area contributed by atoms with Crippen LogP contribution in [0.2, 0.25) is 0 Å². The van der Waals surface area contributed by atoms with Gasteiger partial charge in [-0.25, -0.2) is 9.13 Å². The molecular weight excluding hydrogens is 1270 g/mol. The highest BCUT2D eigenvalue weighted by Crippen LogP contribution is 2.45. The lowest BCUT2D eigenvalue weighted by molar-refractivity contribution is -0.161. The first-order chi connectivity index (χ1) is 47.1. The van der Waals surface area contributed by atoms with Gasteiger partial charge in [0.1, 0.15) is 19.3 Å². The number of carbonyl (C=O) groups is 4. The predicted octanol–water partition coefficient (Wildman–Crippen LogP) is 23.3. The van der Waals surface area contributed by atoms with Crippen LogP contribution in [-0.2, 0) is 65.4 Å². The van der Waals surface area contributed by atoms with Gasteiger partial charge in [-0.2, -0.15) is 0 Å². The molecule has 0 aromatic heterocycles. The summed E-state index contributed by atoms with van der Waals surface area (Å²) >= 11 is 0. The Balaban J connectivity index is 5.17. The minimum absolute atomic E-state index is 0.103. The molecule has 0 aromatic carbocycles. The molecule has 17 nitrogen and oxygen atoms in total. The Bertz CT molecular complexity index is 1860. The molecule has 0 aliphatic heterocycles. The lowest BCUT2D eigenvalue weighted by Gasteiger charge is -2.21. The zero-order valence-corrected chi connectivity index (χ0v) is 65.0. The van der Waals surface area contributed by atoms with Gasteiger partial charge in [0, 0.05) is 25.7 Å². The maximum absolute atomic E-state index is 13.1. The Morgan fingerprint density at radius 1 is 0.289 bits per heavy atom. The van der Waals surface area contributed by atoms with Crippen molar-refractivity contribution in [2.45, 2.75) is 432 Å². The number of phosphoric acid groups is 2. The predicted molar refractivity (Wildman–Crippen MR) is 395 cm³/mol. The first-order valence-electron chi connectivity index (χ1n) is 40.7. The molecule has 0 spiro atoms. The molecule has 0 saturated heterocycles. The van der Waals surface area contributed by atoms with Gasteiger partial charge in [-0.15, -0.1) is 0 Å². The van der Waals surface area contributed by atoms with E-state index in [9.17, 15) is 43.2 Å². The SMILES string of the molecule is CCCCCCCCCCCCCCCCCCCCCCC(=O)O[C@H](COC(=O)CCCCCCCCCCCCCCCCCCCCC)COP(=O)(O)OC[C@@H](O)COP(=O)(O)OC[C@@H](COC(=O)CCCCCCCCCC)OC(=O)CCCCCCCCC(C)CC. The summed E-state index contributed by atoms with van der Waals surface area (Å²) in [6.45, 7) is 7.22. The molecular formula is C78H152O17P2. The maximum Gasteiger partial charge on any atom is 0.472 e. The minimum atomic E-state index is -4.96. The number of phosphoric ester groups is 2. The van der Waals surface area contributed by atoms with Gasteiger partial charge in [0.15, 0.2) is 12.2 Å². The zero-order chi connectivity index (χ0) is 71.2. The molecule has 0 heterocycles. The number of esters is 4. The summed E-state index contributed by atoms with van der Waals surface area (Å²) in [7, 11) is -9.91. The van der Waals surface area contributed by atoms with Crippen LogP contribution < -0.4 is 0 Å². The molecule has 0 aromatic rings. The molecule has 0 rings (SSSR count). The van der Waals surface area contributed by atoms with Gasteiger partial charge in [0.05, 0.1) is 26.4 Å². The van der Waals surface area contributed by atoms with Gasteiger partial charge < -0.3 is 33.8 Å². The van der Waals surface area contributed by atoms with E-state index in [0.717, 1.165) is 102 Å². The molecule has 3 unspecified atom stereocenters. The highest BCUT2D eigenvalue weighted by molar-refractivity contribution is 7.47. The second-order valence-electron chi connectivity index (χ2n) is 28.3. The Kier molecular flexibility index (Phi) is 69.6. The van der Waals surface area contributed by atoms with Crippen molar-refractivity contribution in [3.63, 3.8) is 0 Å². The van der Waals surface area contributed by atoms with Crippen LogP contribution in [0.15, 0.2) is 0 Å². The molecule has 6 atom stereocenters. The van der Waals surface area contributed by atoms with Crippen LogP contribution in [0.5, 0.6) is 0 Å². The maximum atomic E-state index is 13.1. The van der Waals surface area contributed by atoms with Gasteiger partial charge in [-0.1, -0.05) is 362 Å². The highest BCUT2D eigenvalue weighted by atomic mass is 31.2.